The van der Waals surface area contributed by atoms with Crippen LogP contribution in [0.4, 0.5) is 0 Å². The number of carbonyl (C=O) groups is 2. The van der Waals surface area contributed by atoms with Gasteiger partial charge >= 0.3 is 19.8 Å². The van der Waals surface area contributed by atoms with E-state index in [2.05, 4.69) is 67.0 Å². The number of unbranched alkanes of at least 4 members (excludes halogenated alkanes) is 24. The molecule has 0 heterocycles. The summed E-state index contributed by atoms with van der Waals surface area (Å²) in [5.74, 6) is -0.846. The molecule has 0 aromatic carbocycles. The summed E-state index contributed by atoms with van der Waals surface area (Å²) in [5, 5.41) is 0. The van der Waals surface area contributed by atoms with E-state index in [9.17, 15) is 19.0 Å². The maximum atomic E-state index is 12.5. The zero-order valence-corrected chi connectivity index (χ0v) is 37.9. The first kappa shape index (κ1) is 55.0. The lowest BCUT2D eigenvalue weighted by molar-refractivity contribution is -0.161. The molecule has 0 aliphatic heterocycles. The quantitative estimate of drug-likeness (QED) is 0.0280. The lowest BCUT2D eigenvalue weighted by Crippen LogP contribution is -2.29. The highest BCUT2D eigenvalue weighted by molar-refractivity contribution is 7.47. The average Bonchev–Trinajstić information content (AvgIpc) is 3.20. The van der Waals surface area contributed by atoms with E-state index in [1.54, 1.807) is 0 Å². The van der Waals surface area contributed by atoms with Crippen molar-refractivity contribution >= 4 is 19.8 Å². The van der Waals surface area contributed by atoms with Gasteiger partial charge in [0.25, 0.3) is 0 Å². The Labute approximate surface area is 350 Å². The maximum absolute atomic E-state index is 12.5. The van der Waals surface area contributed by atoms with Crippen molar-refractivity contribution in [2.24, 2.45) is 0 Å². The van der Waals surface area contributed by atoms with E-state index in [1.807, 2.05) is 0 Å². The largest absolute Gasteiger partial charge is 0.472 e. The smallest absolute Gasteiger partial charge is 0.462 e. The highest BCUT2D eigenvalue weighted by Gasteiger charge is 2.24. The van der Waals surface area contributed by atoms with Gasteiger partial charge in [0.2, 0.25) is 0 Å². The lowest BCUT2D eigenvalue weighted by atomic mass is 10.0. The van der Waals surface area contributed by atoms with Gasteiger partial charge in [0.15, 0.2) is 6.10 Å². The molecule has 0 saturated carbocycles. The van der Waals surface area contributed by atoms with E-state index in [1.165, 1.54) is 128 Å². The highest BCUT2D eigenvalue weighted by atomic mass is 31.2. The first-order valence-electron chi connectivity index (χ1n) is 23.3. The third-order valence-corrected chi connectivity index (χ3v) is 11.0. The van der Waals surface area contributed by atoms with Gasteiger partial charge in [-0.05, 0) is 51.4 Å². The van der Waals surface area contributed by atoms with Gasteiger partial charge in [-0.2, -0.15) is 0 Å². The SMILES string of the molecule is CC/C=C\C/C=C\C/C=C\C/C=C\CCCCC(=O)OC(COC(=O)CCCCCCCCCCCCCCCCCCCCCCCCC)COP(=O)(O)OC. The summed E-state index contributed by atoms with van der Waals surface area (Å²) >= 11 is 0. The maximum Gasteiger partial charge on any atom is 0.472 e. The molecule has 332 valence electrons. The Morgan fingerprint density at radius 2 is 0.895 bits per heavy atom. The van der Waals surface area contributed by atoms with E-state index in [4.69, 9.17) is 14.0 Å². The molecule has 2 atom stereocenters. The Bertz CT molecular complexity index is 1070. The summed E-state index contributed by atoms with van der Waals surface area (Å²) in [6.45, 7) is 3.76. The Morgan fingerprint density at radius 1 is 0.509 bits per heavy atom. The summed E-state index contributed by atoms with van der Waals surface area (Å²) < 4.78 is 32.0. The predicted octanol–water partition coefficient (Wildman–Crippen LogP) is 15.0. The van der Waals surface area contributed by atoms with Gasteiger partial charge in [0, 0.05) is 20.0 Å². The minimum absolute atomic E-state index is 0.193. The zero-order valence-electron chi connectivity index (χ0n) is 37.0. The minimum Gasteiger partial charge on any atom is -0.462 e. The number of rotatable bonds is 43. The normalized spacial score (nSPS) is 13.7. The monoisotopic (exact) mass is 823 g/mol. The summed E-state index contributed by atoms with van der Waals surface area (Å²) in [7, 11) is -3.22. The number of ether oxygens (including phenoxy) is 2. The van der Waals surface area contributed by atoms with Crippen LogP contribution in [0.2, 0.25) is 0 Å². The Morgan fingerprint density at radius 3 is 1.33 bits per heavy atom. The number of esters is 2. The van der Waals surface area contributed by atoms with Crippen LogP contribution in [-0.4, -0.2) is 43.3 Å². The standard InChI is InChI=1S/C48H87O8P/c1-4-6-8-10-12-14-16-18-20-21-22-23-24-25-26-27-29-30-32-34-36-38-40-42-47(49)54-44-46(45-55-57(51,52)53-3)56-48(50)43-41-39-37-35-33-31-28-19-17-15-13-11-9-7-5-2/h7,9,13,15,19,28,33,35,46H,4-6,8,10-12,14,16-18,20-27,29-32,34,36-45H2,1-3H3,(H,51,52)/b9-7-,15-13-,28-19-,35-33-. The first-order chi connectivity index (χ1) is 27.8. The second-order valence-electron chi connectivity index (χ2n) is 15.5. The van der Waals surface area contributed by atoms with Crippen molar-refractivity contribution in [1.82, 2.24) is 0 Å². The van der Waals surface area contributed by atoms with Crippen LogP contribution in [0, 0.1) is 0 Å². The van der Waals surface area contributed by atoms with Gasteiger partial charge in [-0.3, -0.25) is 18.6 Å². The molecule has 0 aromatic heterocycles. The van der Waals surface area contributed by atoms with Crippen LogP contribution in [0.3, 0.4) is 0 Å². The van der Waals surface area contributed by atoms with Crippen LogP contribution in [0.25, 0.3) is 0 Å². The molecular weight excluding hydrogens is 735 g/mol. The van der Waals surface area contributed by atoms with E-state index in [0.717, 1.165) is 64.9 Å². The Hall–Kier alpha value is -1.99. The first-order valence-corrected chi connectivity index (χ1v) is 24.8. The summed E-state index contributed by atoms with van der Waals surface area (Å²) in [4.78, 5) is 34.5. The predicted molar refractivity (Wildman–Crippen MR) is 239 cm³/mol. The van der Waals surface area contributed by atoms with Crippen LogP contribution in [-0.2, 0) is 32.7 Å². The second-order valence-corrected chi connectivity index (χ2v) is 17.1. The fraction of sp³-hybridized carbons (Fsp3) is 0.792. The molecule has 57 heavy (non-hydrogen) atoms. The van der Waals surface area contributed by atoms with Crippen LogP contribution in [0.1, 0.15) is 219 Å². The Kier molecular flexibility index (Phi) is 42.1. The number of hydrogen-bond acceptors (Lipinski definition) is 7. The molecule has 0 rings (SSSR count). The van der Waals surface area contributed by atoms with Crippen molar-refractivity contribution in [2.45, 2.75) is 225 Å². The molecule has 0 aromatic rings. The van der Waals surface area contributed by atoms with Crippen molar-refractivity contribution in [3.8, 4) is 0 Å². The molecule has 9 heteroatoms. The van der Waals surface area contributed by atoms with Crippen molar-refractivity contribution in [2.75, 3.05) is 20.3 Å². The number of allylic oxidation sites excluding steroid dienone is 8. The molecule has 1 N–H and O–H groups in total. The Balaban J connectivity index is 3.92. The van der Waals surface area contributed by atoms with Crippen LogP contribution in [0.15, 0.2) is 48.6 Å². The highest BCUT2D eigenvalue weighted by Crippen LogP contribution is 2.42. The molecule has 8 nitrogen and oxygen atoms in total. The van der Waals surface area contributed by atoms with E-state index in [0.29, 0.717) is 6.42 Å². The lowest BCUT2D eigenvalue weighted by Gasteiger charge is -2.19. The van der Waals surface area contributed by atoms with E-state index >= 15 is 0 Å². The van der Waals surface area contributed by atoms with Crippen molar-refractivity contribution < 1.29 is 37.6 Å². The number of phosphoric ester groups is 1. The second kappa shape index (κ2) is 43.6. The summed E-state index contributed by atoms with van der Waals surface area (Å²) in [5.41, 5.74) is 0. The molecule has 0 aliphatic rings. The van der Waals surface area contributed by atoms with Crippen molar-refractivity contribution in [1.29, 1.82) is 0 Å². The molecule has 2 unspecified atom stereocenters. The number of hydrogen-bond donors (Lipinski definition) is 1. The minimum atomic E-state index is -4.27. The third-order valence-electron chi connectivity index (χ3n) is 10.1. The molecule has 0 radical (unpaired) electrons. The van der Waals surface area contributed by atoms with Crippen LogP contribution < -0.4 is 0 Å². The van der Waals surface area contributed by atoms with Crippen molar-refractivity contribution in [3.63, 3.8) is 0 Å². The van der Waals surface area contributed by atoms with Crippen LogP contribution in [0.5, 0.6) is 0 Å². The van der Waals surface area contributed by atoms with Gasteiger partial charge in [0.1, 0.15) is 6.61 Å². The van der Waals surface area contributed by atoms with E-state index in [-0.39, 0.29) is 25.4 Å². The van der Waals surface area contributed by atoms with Crippen molar-refractivity contribution in [3.05, 3.63) is 48.6 Å². The number of phosphoric acid groups is 1. The molecule has 0 bridgehead atoms. The summed E-state index contributed by atoms with van der Waals surface area (Å²) in [6, 6.07) is 0. The third kappa shape index (κ3) is 43.4. The molecule has 0 spiro atoms. The average molecular weight is 823 g/mol. The van der Waals surface area contributed by atoms with Crippen LogP contribution >= 0.6 is 7.82 Å². The molecule has 0 saturated heterocycles. The zero-order chi connectivity index (χ0) is 41.8. The fourth-order valence-corrected chi connectivity index (χ4v) is 6.99. The van der Waals surface area contributed by atoms with Gasteiger partial charge < -0.3 is 14.4 Å². The van der Waals surface area contributed by atoms with Gasteiger partial charge in [0.05, 0.1) is 6.61 Å². The fourth-order valence-electron chi connectivity index (χ4n) is 6.53. The molecule has 0 fully saturated rings. The molecular formula is C48H87O8P. The van der Waals surface area contributed by atoms with E-state index < -0.39 is 26.5 Å². The summed E-state index contributed by atoms with van der Waals surface area (Å²) in [6.07, 6.45) is 53.3. The molecule has 0 aliphatic carbocycles. The van der Waals surface area contributed by atoms with Gasteiger partial charge in [-0.25, -0.2) is 4.57 Å². The molecule has 0 amide bonds. The number of carbonyl (C=O) groups excluding carboxylic acids is 2. The van der Waals surface area contributed by atoms with Gasteiger partial charge in [-0.15, -0.1) is 0 Å². The van der Waals surface area contributed by atoms with Gasteiger partial charge in [-0.1, -0.05) is 204 Å². The topological polar surface area (TPSA) is 108 Å².